The van der Waals surface area contributed by atoms with Crippen LogP contribution in [-0.4, -0.2) is 70.7 Å². The van der Waals surface area contributed by atoms with Crippen molar-refractivity contribution >= 4 is 35.2 Å². The minimum absolute atomic E-state index is 0.0420. The summed E-state index contributed by atoms with van der Waals surface area (Å²) in [6, 6.07) is 18.5. The van der Waals surface area contributed by atoms with Gasteiger partial charge in [0.05, 0.1) is 22.9 Å². The van der Waals surface area contributed by atoms with E-state index < -0.39 is 9.85 Å². The molecule has 0 spiro atoms. The minimum atomic E-state index is -0.501. The molecule has 2 saturated heterocycles. The lowest BCUT2D eigenvalue weighted by atomic mass is 9.93. The van der Waals surface area contributed by atoms with Gasteiger partial charge in [-0.25, -0.2) is 0 Å². The molecule has 5 rings (SSSR count). The zero-order chi connectivity index (χ0) is 31.1. The first-order valence-corrected chi connectivity index (χ1v) is 14.5. The fourth-order valence-electron chi connectivity index (χ4n) is 5.32. The number of hydrogen-bond donors (Lipinski definition) is 0. The molecule has 0 N–H and O–H groups in total. The first-order valence-electron chi connectivity index (χ1n) is 14.5. The number of amides is 1. The molecule has 44 heavy (non-hydrogen) atoms. The van der Waals surface area contributed by atoms with Crippen molar-refractivity contribution < 1.29 is 24.2 Å². The maximum Gasteiger partial charge on any atom is 0.269 e. The second kappa shape index (κ2) is 13.9. The molecule has 1 amide bonds. The van der Waals surface area contributed by atoms with E-state index in [0.717, 1.165) is 19.6 Å². The lowest BCUT2D eigenvalue weighted by molar-refractivity contribution is -0.385. The van der Waals surface area contributed by atoms with Gasteiger partial charge in [-0.1, -0.05) is 6.42 Å². The Hall–Kier alpha value is -5.16. The van der Waals surface area contributed by atoms with E-state index in [4.69, 9.17) is 4.74 Å². The Kier molecular flexibility index (Phi) is 9.56. The minimum Gasteiger partial charge on any atom is -0.492 e. The van der Waals surface area contributed by atoms with Crippen molar-refractivity contribution in [1.29, 1.82) is 0 Å². The number of hydrogen-bond acceptors (Lipinski definition) is 8. The normalized spacial score (nSPS) is 17.5. The van der Waals surface area contributed by atoms with Gasteiger partial charge in [0.2, 0.25) is 0 Å². The van der Waals surface area contributed by atoms with Crippen LogP contribution in [0, 0.1) is 20.2 Å². The summed E-state index contributed by atoms with van der Waals surface area (Å²) in [4.78, 5) is 52.2. The zero-order valence-corrected chi connectivity index (χ0v) is 24.1. The summed E-state index contributed by atoms with van der Waals surface area (Å²) in [5.41, 5.74) is 2.12. The highest BCUT2D eigenvalue weighted by atomic mass is 16.6. The first-order chi connectivity index (χ1) is 21.3. The number of carbonyl (C=O) groups excluding carboxylic acids is 2. The highest BCUT2D eigenvalue weighted by Gasteiger charge is 2.30. The quantitative estimate of drug-likeness (QED) is 0.178. The number of nitro groups is 2. The number of rotatable bonds is 9. The number of piperidine rings is 2. The maximum atomic E-state index is 13.6. The van der Waals surface area contributed by atoms with Crippen molar-refractivity contribution in [3.05, 3.63) is 121 Å². The summed E-state index contributed by atoms with van der Waals surface area (Å²) >= 11 is 0. The molecule has 0 aliphatic carbocycles. The van der Waals surface area contributed by atoms with E-state index in [1.54, 1.807) is 65.6 Å². The number of nitro benzene ring substituents is 2. The number of carbonyl (C=O) groups is 2. The highest BCUT2D eigenvalue weighted by molar-refractivity contribution is 6.15. The standard InChI is InChI=1S/C33H32N4O7/c38-32-27(20-24-4-10-29(11-5-24)36(40)41)22-35(23-28(32)21-25-6-12-30(13-7-25)37(42)43)33(39)26-8-14-31(15-9-26)44-19-18-34-16-2-1-3-17-34/h4-15,20-21H,1-3,16-19,22-23H2/b27-20+,28-21+. The second-order valence-electron chi connectivity index (χ2n) is 10.8. The molecule has 0 radical (unpaired) electrons. The third-order valence-electron chi connectivity index (χ3n) is 7.71. The molecule has 0 saturated carbocycles. The van der Waals surface area contributed by atoms with Crippen LogP contribution in [0.5, 0.6) is 5.75 Å². The van der Waals surface area contributed by atoms with Gasteiger partial charge in [-0.2, -0.15) is 0 Å². The molecule has 2 aliphatic heterocycles. The fourth-order valence-corrected chi connectivity index (χ4v) is 5.32. The Morgan fingerprint density at radius 3 is 1.73 bits per heavy atom. The van der Waals surface area contributed by atoms with Crippen LogP contribution >= 0.6 is 0 Å². The van der Waals surface area contributed by atoms with E-state index in [-0.39, 0.29) is 36.2 Å². The third kappa shape index (κ3) is 7.61. The van der Waals surface area contributed by atoms with Crippen molar-refractivity contribution in [2.45, 2.75) is 19.3 Å². The van der Waals surface area contributed by atoms with Gasteiger partial charge in [-0.15, -0.1) is 0 Å². The third-order valence-corrected chi connectivity index (χ3v) is 7.71. The van der Waals surface area contributed by atoms with E-state index in [2.05, 4.69) is 4.90 Å². The van der Waals surface area contributed by atoms with Crippen LogP contribution < -0.4 is 4.74 Å². The van der Waals surface area contributed by atoms with Crippen LogP contribution in [0.2, 0.25) is 0 Å². The molecule has 2 fully saturated rings. The Balaban J connectivity index is 1.35. The summed E-state index contributed by atoms with van der Waals surface area (Å²) in [7, 11) is 0. The van der Waals surface area contributed by atoms with E-state index in [1.165, 1.54) is 43.5 Å². The highest BCUT2D eigenvalue weighted by Crippen LogP contribution is 2.26. The van der Waals surface area contributed by atoms with Crippen LogP contribution in [0.4, 0.5) is 11.4 Å². The summed E-state index contributed by atoms with van der Waals surface area (Å²) in [5, 5.41) is 22.1. The monoisotopic (exact) mass is 596 g/mol. The smallest absolute Gasteiger partial charge is 0.269 e. The number of Topliss-reactive ketones (excluding diaryl/α,β-unsaturated/α-hetero) is 1. The van der Waals surface area contributed by atoms with Crippen LogP contribution in [0.1, 0.15) is 40.7 Å². The molecule has 11 nitrogen and oxygen atoms in total. The van der Waals surface area contributed by atoms with E-state index in [0.29, 0.717) is 40.2 Å². The molecule has 226 valence electrons. The number of likely N-dealkylation sites (tertiary alicyclic amines) is 2. The molecule has 0 bridgehead atoms. The predicted octanol–water partition coefficient (Wildman–Crippen LogP) is 5.56. The van der Waals surface area contributed by atoms with Crippen molar-refractivity contribution in [2.75, 3.05) is 39.3 Å². The molecular weight excluding hydrogens is 564 g/mol. The van der Waals surface area contributed by atoms with Crippen molar-refractivity contribution in [2.24, 2.45) is 0 Å². The number of ketones is 1. The fraction of sp³-hybridized carbons (Fsp3) is 0.273. The SMILES string of the molecule is O=C1/C(=C/c2ccc([N+](=O)[O-])cc2)CN(C(=O)c2ccc(OCCN3CCCCC3)cc2)C/C1=C\c1ccc([N+](=O)[O-])cc1. The Bertz CT molecular complexity index is 1510. The average Bonchev–Trinajstić information content (AvgIpc) is 3.04. The van der Waals surface area contributed by atoms with E-state index in [1.807, 2.05) is 0 Å². The van der Waals surface area contributed by atoms with Gasteiger partial charge >= 0.3 is 0 Å². The van der Waals surface area contributed by atoms with Crippen LogP contribution in [0.15, 0.2) is 83.9 Å². The molecule has 2 heterocycles. The van der Waals surface area contributed by atoms with E-state index >= 15 is 0 Å². The van der Waals surface area contributed by atoms with Crippen LogP contribution in [0.3, 0.4) is 0 Å². The van der Waals surface area contributed by atoms with Crippen LogP contribution in [0.25, 0.3) is 12.2 Å². The molecule has 0 unspecified atom stereocenters. The van der Waals surface area contributed by atoms with Gasteiger partial charge in [-0.3, -0.25) is 34.7 Å². The largest absolute Gasteiger partial charge is 0.492 e. The van der Waals surface area contributed by atoms with E-state index in [9.17, 15) is 29.8 Å². The molecular formula is C33H32N4O7. The average molecular weight is 597 g/mol. The first kappa shape index (κ1) is 30.3. The van der Waals surface area contributed by atoms with Crippen molar-refractivity contribution in [3.63, 3.8) is 0 Å². The lowest BCUT2D eigenvalue weighted by Crippen LogP contribution is -2.41. The summed E-state index contributed by atoms with van der Waals surface area (Å²) in [6.45, 7) is 3.69. The molecule has 11 heteroatoms. The Morgan fingerprint density at radius 1 is 0.750 bits per heavy atom. The molecule has 2 aliphatic rings. The number of non-ortho nitro benzene ring substituents is 2. The Morgan fingerprint density at radius 2 is 1.25 bits per heavy atom. The summed E-state index contributed by atoms with van der Waals surface area (Å²) in [5.74, 6) is 0.120. The maximum absolute atomic E-state index is 13.6. The van der Waals surface area contributed by atoms with Gasteiger partial charge in [0.1, 0.15) is 12.4 Å². The molecule has 0 atom stereocenters. The Labute approximate surface area is 254 Å². The number of nitrogens with zero attached hydrogens (tertiary/aromatic N) is 4. The van der Waals surface area contributed by atoms with Crippen LogP contribution in [-0.2, 0) is 4.79 Å². The number of ether oxygens (including phenoxy) is 1. The predicted molar refractivity (Wildman–Crippen MR) is 165 cm³/mol. The molecule has 3 aromatic rings. The van der Waals surface area contributed by atoms with Gasteiger partial charge in [-0.05, 0) is 97.7 Å². The topological polar surface area (TPSA) is 136 Å². The second-order valence-corrected chi connectivity index (χ2v) is 10.8. The number of benzene rings is 3. The van der Waals surface area contributed by atoms with Gasteiger partial charge < -0.3 is 9.64 Å². The summed E-state index contributed by atoms with van der Waals surface area (Å²) < 4.78 is 5.90. The molecule has 3 aromatic carbocycles. The lowest BCUT2D eigenvalue weighted by Gasteiger charge is -2.30. The van der Waals surface area contributed by atoms with Crippen molar-refractivity contribution in [1.82, 2.24) is 9.80 Å². The summed E-state index contributed by atoms with van der Waals surface area (Å²) in [6.07, 6.45) is 6.95. The van der Waals surface area contributed by atoms with Gasteiger partial charge in [0, 0.05) is 47.5 Å². The van der Waals surface area contributed by atoms with Gasteiger partial charge in [0.25, 0.3) is 17.3 Å². The molecule has 0 aromatic heterocycles. The zero-order valence-electron chi connectivity index (χ0n) is 24.1. The van der Waals surface area contributed by atoms with Crippen molar-refractivity contribution in [3.8, 4) is 5.75 Å². The van der Waals surface area contributed by atoms with Gasteiger partial charge in [0.15, 0.2) is 5.78 Å².